The number of para-hydroxylation sites is 2. The molecule has 0 fully saturated rings. The van der Waals surface area contributed by atoms with E-state index in [2.05, 4.69) is 65.2 Å². The van der Waals surface area contributed by atoms with Gasteiger partial charge in [-0.3, -0.25) is 0 Å². The van der Waals surface area contributed by atoms with Crippen molar-refractivity contribution in [1.29, 1.82) is 0 Å². The van der Waals surface area contributed by atoms with Crippen molar-refractivity contribution in [2.75, 3.05) is 36.0 Å². The van der Waals surface area contributed by atoms with Crippen LogP contribution in [-0.4, -0.2) is 69.5 Å². The van der Waals surface area contributed by atoms with E-state index in [9.17, 15) is 21.0 Å². The van der Waals surface area contributed by atoms with Crippen molar-refractivity contribution in [3.8, 4) is 23.0 Å². The first-order chi connectivity index (χ1) is 30.7. The Hall–Kier alpha value is -3.43. The van der Waals surface area contributed by atoms with Crippen molar-refractivity contribution in [3.05, 3.63) is 127 Å². The Morgan fingerprint density at radius 2 is 0.676 bits per heavy atom. The molecule has 8 rings (SSSR count). The molecule has 4 aromatic rings. The SMILES string of the molecule is CC.CC.CC(=[N-])c1cc2c3c(c1O)C(C)(C)CCN3CCC2(C)C.CC(=[N-])c1cc2c3c(c1O)C(C)(C)CCN3CCC2(C)C.CC(=[N-])c1ccccc1O.CC(=[N-])c1ccccc1O.[Y].[Y]. The smallest absolute Gasteiger partial charge is 0.127 e. The standard InChI is InChI=1S/2C18H25N2O.2C8H8NO.2C2H6.2Y/c2*1-11(19)12-10-13-15-14(16(12)21)18(4,5)7-9-20(15)8-6-17(13,2)3;2*1-6(9)7-4-2-3-5-8(7)10;2*1-2;;/h2*10,21H,6-9H2,1-5H3;2*2-5,10H,1H3;2*1-2H3;;/q4*-1;;;;. The topological polar surface area (TPSA) is 177 Å². The third-order valence-corrected chi connectivity index (χ3v) is 13.4. The second-order valence-electron chi connectivity index (χ2n) is 20.0. The van der Waals surface area contributed by atoms with Crippen LogP contribution in [0.1, 0.15) is 181 Å². The number of hydrogen-bond acceptors (Lipinski definition) is 6. The van der Waals surface area contributed by atoms with Gasteiger partial charge in [-0.1, -0.05) is 147 Å². The van der Waals surface area contributed by atoms with E-state index in [4.69, 9.17) is 21.0 Å². The fraction of sp³-hybridized carbons (Fsp3) is 0.500. The third-order valence-electron chi connectivity index (χ3n) is 13.4. The van der Waals surface area contributed by atoms with E-state index in [0.29, 0.717) is 22.3 Å². The summed E-state index contributed by atoms with van der Waals surface area (Å²) in [5.74, 6) is 0.757. The van der Waals surface area contributed by atoms with Crippen LogP contribution >= 0.6 is 0 Å². The molecule has 4 aliphatic rings. The zero-order chi connectivity index (χ0) is 50.3. The first-order valence-electron chi connectivity index (χ1n) is 23.7. The minimum Gasteiger partial charge on any atom is -0.807 e. The summed E-state index contributed by atoms with van der Waals surface area (Å²) in [4.78, 5) is 4.83. The van der Waals surface area contributed by atoms with Gasteiger partial charge in [0.1, 0.15) is 23.0 Å². The van der Waals surface area contributed by atoms with E-state index in [0.717, 1.165) is 63.0 Å². The summed E-state index contributed by atoms with van der Waals surface area (Å²) in [7, 11) is 0. The molecule has 4 heterocycles. The Morgan fingerprint density at radius 1 is 0.426 bits per heavy atom. The molecule has 366 valence electrons. The fourth-order valence-corrected chi connectivity index (χ4v) is 9.25. The Balaban J connectivity index is 0.000000460. The van der Waals surface area contributed by atoms with Gasteiger partial charge < -0.3 is 51.9 Å². The van der Waals surface area contributed by atoms with Gasteiger partial charge in [0.25, 0.3) is 0 Å². The Labute approximate surface area is 459 Å². The van der Waals surface area contributed by atoms with E-state index < -0.39 is 0 Å². The summed E-state index contributed by atoms with van der Waals surface area (Å²) in [5.41, 5.74) is 9.82. The summed E-state index contributed by atoms with van der Waals surface area (Å²) in [5, 5.41) is 77.6. The van der Waals surface area contributed by atoms with Crippen LogP contribution in [0.4, 0.5) is 11.4 Å². The summed E-state index contributed by atoms with van der Waals surface area (Å²) >= 11 is 0. The number of aromatic hydroxyl groups is 4. The molecule has 10 nitrogen and oxygen atoms in total. The molecule has 0 spiro atoms. The van der Waals surface area contributed by atoms with Crippen molar-refractivity contribution in [2.24, 2.45) is 0 Å². The summed E-state index contributed by atoms with van der Waals surface area (Å²) < 4.78 is 0. The van der Waals surface area contributed by atoms with E-state index in [1.807, 2.05) is 39.8 Å². The molecule has 0 aliphatic carbocycles. The molecule has 12 heteroatoms. The second-order valence-corrected chi connectivity index (χ2v) is 20.0. The van der Waals surface area contributed by atoms with Gasteiger partial charge in [0.05, 0.1) is 0 Å². The van der Waals surface area contributed by atoms with Gasteiger partial charge in [0, 0.05) is 114 Å². The summed E-state index contributed by atoms with van der Waals surface area (Å²) in [6.07, 6.45) is 4.27. The average molecular weight is 1080 g/mol. The number of phenolic OH excluding ortho intramolecular Hbond substituents is 4. The van der Waals surface area contributed by atoms with Crippen molar-refractivity contribution in [3.63, 3.8) is 0 Å². The Morgan fingerprint density at radius 3 is 0.912 bits per heavy atom. The van der Waals surface area contributed by atoms with Crippen LogP contribution in [0.15, 0.2) is 60.7 Å². The van der Waals surface area contributed by atoms with E-state index in [1.165, 1.54) is 48.5 Å². The third kappa shape index (κ3) is 13.9. The predicted octanol–water partition coefficient (Wildman–Crippen LogP) is 13.5. The molecular weight excluding hydrogens is 998 g/mol. The molecule has 4 aromatic carbocycles. The summed E-state index contributed by atoms with van der Waals surface area (Å²) in [6.45, 7) is 36.4. The average Bonchev–Trinajstić information content (AvgIpc) is 3.24. The van der Waals surface area contributed by atoms with Crippen molar-refractivity contribution >= 4 is 34.2 Å². The van der Waals surface area contributed by atoms with Crippen LogP contribution in [0.25, 0.3) is 21.6 Å². The van der Waals surface area contributed by atoms with Crippen LogP contribution in [-0.2, 0) is 87.1 Å². The largest absolute Gasteiger partial charge is 0.807 e. The fourth-order valence-electron chi connectivity index (χ4n) is 9.25. The second kappa shape index (κ2) is 25.6. The molecule has 0 atom stereocenters. The Kier molecular flexibility index (Phi) is 23.6. The van der Waals surface area contributed by atoms with Crippen LogP contribution in [0.3, 0.4) is 0 Å². The molecule has 0 unspecified atom stereocenters. The zero-order valence-electron chi connectivity index (χ0n) is 44.1. The first-order valence-corrected chi connectivity index (χ1v) is 23.7. The molecule has 0 bridgehead atoms. The first kappa shape index (κ1) is 62.6. The van der Waals surface area contributed by atoms with Crippen LogP contribution < -0.4 is 9.80 Å². The monoisotopic (exact) mass is 1080 g/mol. The molecule has 68 heavy (non-hydrogen) atoms. The van der Waals surface area contributed by atoms with Gasteiger partial charge in [-0.05, 0) is 105 Å². The predicted molar refractivity (Wildman–Crippen MR) is 283 cm³/mol. The maximum absolute atomic E-state index is 10.8. The van der Waals surface area contributed by atoms with Gasteiger partial charge >= 0.3 is 0 Å². The quantitative estimate of drug-likeness (QED) is 0.148. The van der Waals surface area contributed by atoms with Crippen molar-refractivity contribution in [1.82, 2.24) is 0 Å². The molecule has 2 radical (unpaired) electrons. The number of benzene rings is 4. The molecule has 0 saturated carbocycles. The minimum absolute atomic E-state index is 0. The van der Waals surface area contributed by atoms with E-state index in [-0.39, 0.29) is 133 Å². The maximum Gasteiger partial charge on any atom is 0.127 e. The number of anilines is 2. The zero-order valence-corrected chi connectivity index (χ0v) is 49.7. The molecule has 0 saturated heterocycles. The number of phenols is 4. The normalized spacial score (nSPS) is 16.4. The number of nitrogens with zero attached hydrogens (tertiary/aromatic N) is 6. The van der Waals surface area contributed by atoms with Crippen LogP contribution in [0.2, 0.25) is 0 Å². The van der Waals surface area contributed by atoms with Gasteiger partial charge in [-0.25, -0.2) is 0 Å². The van der Waals surface area contributed by atoms with Gasteiger partial charge in [0.2, 0.25) is 0 Å². The molecule has 4 aliphatic heterocycles. The molecule has 0 aromatic heterocycles. The van der Waals surface area contributed by atoms with Crippen molar-refractivity contribution in [2.45, 2.75) is 158 Å². The van der Waals surface area contributed by atoms with Crippen LogP contribution in [0.5, 0.6) is 23.0 Å². The van der Waals surface area contributed by atoms with Gasteiger partial charge in [-0.15, -0.1) is 0 Å². The molecule has 4 N–H and O–H groups in total. The van der Waals surface area contributed by atoms with Gasteiger partial charge in [0.15, 0.2) is 0 Å². The van der Waals surface area contributed by atoms with E-state index >= 15 is 0 Å². The number of rotatable bonds is 4. The minimum atomic E-state index is -0.0659. The number of hydrogen-bond donors (Lipinski definition) is 4. The molecule has 0 amide bonds. The van der Waals surface area contributed by atoms with Crippen LogP contribution in [0, 0.1) is 0 Å². The molecular formula is C56H78N6O4Y2-4. The Bertz CT molecular complexity index is 2250. The van der Waals surface area contributed by atoms with Gasteiger partial charge in [-0.2, -0.15) is 22.8 Å². The van der Waals surface area contributed by atoms with E-state index in [1.54, 1.807) is 50.2 Å². The van der Waals surface area contributed by atoms with Crippen molar-refractivity contribution < 1.29 is 85.8 Å². The summed E-state index contributed by atoms with van der Waals surface area (Å²) in [6, 6.07) is 17.3. The maximum atomic E-state index is 10.8.